The lowest BCUT2D eigenvalue weighted by Crippen LogP contribution is -2.23. The minimum Gasteiger partial charge on any atom is -0.351 e. The van der Waals surface area contributed by atoms with Gasteiger partial charge in [-0.2, -0.15) is 4.98 Å². The Hall–Kier alpha value is -2.95. The van der Waals surface area contributed by atoms with Crippen LogP contribution < -0.4 is 10.6 Å². The van der Waals surface area contributed by atoms with Crippen molar-refractivity contribution in [2.24, 2.45) is 0 Å². The third-order valence-electron chi connectivity index (χ3n) is 5.80. The fourth-order valence-corrected chi connectivity index (χ4v) is 4.23. The van der Waals surface area contributed by atoms with Gasteiger partial charge in [0.15, 0.2) is 0 Å². The van der Waals surface area contributed by atoms with Gasteiger partial charge in [0.05, 0.1) is 5.69 Å². The molecule has 5 nitrogen and oxygen atoms in total. The zero-order valence-electron chi connectivity index (χ0n) is 18.2. The second kappa shape index (κ2) is 9.24. The average Bonchev–Trinajstić information content (AvgIpc) is 2.75. The van der Waals surface area contributed by atoms with Crippen LogP contribution in [0.15, 0.2) is 48.8 Å². The lowest BCUT2D eigenvalue weighted by atomic mass is 9.96. The summed E-state index contributed by atoms with van der Waals surface area (Å²) in [5.41, 5.74) is 5.64. The molecule has 0 spiro atoms. The van der Waals surface area contributed by atoms with E-state index in [4.69, 9.17) is 9.97 Å². The molecule has 0 saturated heterocycles. The van der Waals surface area contributed by atoms with E-state index in [1.54, 1.807) is 12.4 Å². The van der Waals surface area contributed by atoms with Crippen LogP contribution in [0.4, 0.5) is 17.5 Å². The Morgan fingerprint density at radius 2 is 1.70 bits per heavy atom. The van der Waals surface area contributed by atoms with E-state index in [2.05, 4.69) is 54.6 Å². The van der Waals surface area contributed by atoms with Crippen LogP contribution in [-0.4, -0.2) is 21.0 Å². The molecule has 1 aromatic carbocycles. The zero-order valence-corrected chi connectivity index (χ0v) is 18.2. The quantitative estimate of drug-likeness (QED) is 0.496. The molecule has 1 saturated carbocycles. The number of hydrogen-bond donors (Lipinski definition) is 2. The van der Waals surface area contributed by atoms with Crippen LogP contribution in [0.5, 0.6) is 0 Å². The highest BCUT2D eigenvalue weighted by Crippen LogP contribution is 2.27. The van der Waals surface area contributed by atoms with E-state index in [-0.39, 0.29) is 0 Å². The van der Waals surface area contributed by atoms with Gasteiger partial charge in [-0.1, -0.05) is 39.2 Å². The van der Waals surface area contributed by atoms with Crippen molar-refractivity contribution in [3.8, 4) is 11.3 Å². The molecule has 1 aliphatic carbocycles. The van der Waals surface area contributed by atoms with Gasteiger partial charge in [-0.05, 0) is 61.1 Å². The molecule has 4 rings (SSSR count). The molecule has 0 aliphatic heterocycles. The largest absolute Gasteiger partial charge is 0.351 e. The van der Waals surface area contributed by atoms with Crippen LogP contribution in [-0.2, 0) is 0 Å². The van der Waals surface area contributed by atoms with E-state index >= 15 is 0 Å². The minimum absolute atomic E-state index is 0.451. The molecule has 2 N–H and O–H groups in total. The van der Waals surface area contributed by atoms with Crippen molar-refractivity contribution in [2.75, 3.05) is 10.6 Å². The Labute approximate surface area is 179 Å². The first-order valence-corrected chi connectivity index (χ1v) is 11.0. The van der Waals surface area contributed by atoms with E-state index in [9.17, 15) is 0 Å². The summed E-state index contributed by atoms with van der Waals surface area (Å²) >= 11 is 0. The molecular formula is C25H31N5. The van der Waals surface area contributed by atoms with Gasteiger partial charge < -0.3 is 10.6 Å². The van der Waals surface area contributed by atoms with Gasteiger partial charge in [-0.25, -0.2) is 4.98 Å². The maximum absolute atomic E-state index is 4.80. The van der Waals surface area contributed by atoms with Gasteiger partial charge in [-0.15, -0.1) is 0 Å². The van der Waals surface area contributed by atoms with Gasteiger partial charge in [0.1, 0.15) is 5.82 Å². The van der Waals surface area contributed by atoms with E-state index in [0.717, 1.165) is 22.8 Å². The van der Waals surface area contributed by atoms with Crippen LogP contribution in [0.25, 0.3) is 11.3 Å². The number of nitrogens with one attached hydrogen (secondary N) is 2. The number of benzene rings is 1. The van der Waals surface area contributed by atoms with Crippen molar-refractivity contribution < 1.29 is 0 Å². The predicted octanol–water partition coefficient (Wildman–Crippen LogP) is 6.46. The number of aromatic nitrogens is 3. The van der Waals surface area contributed by atoms with Crippen LogP contribution >= 0.6 is 0 Å². The number of rotatable bonds is 6. The van der Waals surface area contributed by atoms with Crippen molar-refractivity contribution >= 4 is 17.5 Å². The summed E-state index contributed by atoms with van der Waals surface area (Å²) in [7, 11) is 0. The van der Waals surface area contributed by atoms with E-state index in [1.807, 2.05) is 18.2 Å². The summed E-state index contributed by atoms with van der Waals surface area (Å²) in [6, 6.07) is 13.0. The molecule has 0 amide bonds. The normalized spacial score (nSPS) is 14.7. The Balaban J connectivity index is 1.64. The maximum Gasteiger partial charge on any atom is 0.225 e. The summed E-state index contributed by atoms with van der Waals surface area (Å²) in [5, 5.41) is 7.07. The number of nitrogens with zero attached hydrogens (tertiary/aromatic N) is 3. The average molecular weight is 402 g/mol. The molecule has 156 valence electrons. The van der Waals surface area contributed by atoms with E-state index in [0.29, 0.717) is 17.9 Å². The number of anilines is 3. The molecule has 2 heterocycles. The minimum atomic E-state index is 0.451. The third kappa shape index (κ3) is 4.96. The van der Waals surface area contributed by atoms with Crippen molar-refractivity contribution in [1.82, 2.24) is 15.0 Å². The molecule has 5 heteroatoms. The van der Waals surface area contributed by atoms with E-state index < -0.39 is 0 Å². The van der Waals surface area contributed by atoms with Crippen molar-refractivity contribution in [2.45, 2.75) is 64.8 Å². The van der Waals surface area contributed by atoms with Gasteiger partial charge in [0, 0.05) is 35.8 Å². The summed E-state index contributed by atoms with van der Waals surface area (Å²) in [6.07, 6.45) is 9.83. The Bertz CT molecular complexity index is 978. The van der Waals surface area contributed by atoms with Gasteiger partial charge in [-0.3, -0.25) is 4.98 Å². The van der Waals surface area contributed by atoms with Gasteiger partial charge in [0.2, 0.25) is 5.95 Å². The van der Waals surface area contributed by atoms with Crippen molar-refractivity contribution in [1.29, 1.82) is 0 Å². The highest BCUT2D eigenvalue weighted by atomic mass is 15.2. The molecule has 30 heavy (non-hydrogen) atoms. The lowest BCUT2D eigenvalue weighted by molar-refractivity contribution is 0.461. The smallest absolute Gasteiger partial charge is 0.225 e. The van der Waals surface area contributed by atoms with Crippen LogP contribution in [0.2, 0.25) is 0 Å². The monoisotopic (exact) mass is 401 g/mol. The zero-order chi connectivity index (χ0) is 20.9. The molecule has 0 bridgehead atoms. The highest BCUT2D eigenvalue weighted by molar-refractivity contribution is 5.67. The molecule has 3 aromatic rings. The predicted molar refractivity (Wildman–Crippen MR) is 124 cm³/mol. The number of hydrogen-bond acceptors (Lipinski definition) is 5. The Morgan fingerprint density at radius 3 is 2.40 bits per heavy atom. The fourth-order valence-electron chi connectivity index (χ4n) is 4.23. The van der Waals surface area contributed by atoms with E-state index in [1.165, 1.54) is 43.2 Å². The third-order valence-corrected chi connectivity index (χ3v) is 5.80. The van der Waals surface area contributed by atoms with Crippen LogP contribution in [0.1, 0.15) is 63.0 Å². The topological polar surface area (TPSA) is 62.7 Å². The Kier molecular flexibility index (Phi) is 6.26. The molecule has 0 radical (unpaired) electrons. The second-order valence-corrected chi connectivity index (χ2v) is 8.53. The van der Waals surface area contributed by atoms with Gasteiger partial charge in [0.25, 0.3) is 0 Å². The molecule has 1 fully saturated rings. The van der Waals surface area contributed by atoms with Crippen molar-refractivity contribution in [3.63, 3.8) is 0 Å². The SMILES string of the molecule is Cc1cc(Nc2cc(-c3ccncc3)nc(NC3CCCCC3)n2)ccc1C(C)C. The first-order valence-electron chi connectivity index (χ1n) is 11.0. The fraction of sp³-hybridized carbons (Fsp3) is 0.400. The summed E-state index contributed by atoms with van der Waals surface area (Å²) < 4.78 is 0. The summed E-state index contributed by atoms with van der Waals surface area (Å²) in [5.74, 6) is 2.00. The second-order valence-electron chi connectivity index (χ2n) is 8.53. The van der Waals surface area contributed by atoms with Gasteiger partial charge >= 0.3 is 0 Å². The first kappa shape index (κ1) is 20.3. The molecular weight excluding hydrogens is 370 g/mol. The number of pyridine rings is 1. The maximum atomic E-state index is 4.80. The Morgan fingerprint density at radius 1 is 0.933 bits per heavy atom. The highest BCUT2D eigenvalue weighted by Gasteiger charge is 2.16. The summed E-state index contributed by atoms with van der Waals surface area (Å²) in [6.45, 7) is 6.62. The van der Waals surface area contributed by atoms with Crippen molar-refractivity contribution in [3.05, 3.63) is 59.9 Å². The lowest BCUT2D eigenvalue weighted by Gasteiger charge is -2.23. The molecule has 2 aromatic heterocycles. The summed E-state index contributed by atoms with van der Waals surface area (Å²) in [4.78, 5) is 13.7. The standard InChI is InChI=1S/C25H31N5/c1-17(2)22-10-9-21(15-18(22)3)27-24-16-23(19-11-13-26-14-12-19)29-25(30-24)28-20-7-5-4-6-8-20/h9-17,20H,4-8H2,1-3H3,(H2,27,28,29,30). The molecule has 1 aliphatic rings. The van der Waals surface area contributed by atoms with Crippen LogP contribution in [0.3, 0.4) is 0 Å². The van der Waals surface area contributed by atoms with Crippen LogP contribution in [0, 0.1) is 6.92 Å². The molecule has 0 atom stereocenters. The number of aryl methyl sites for hydroxylation is 1. The molecule has 0 unspecified atom stereocenters. The first-order chi connectivity index (χ1) is 14.6.